The standard InChI is InChI=1S/C22H26N4O3/c1-16(17-5-3-2-4-6-17)13-19(27)25-11-8-22(29,9-12-25)14-26-15-24-18-7-10-23-20(18)21(26)28/h2-7,10,15-16,23,29H,8-9,11-14H2,1H3/t16-/m1/s1. The third-order valence-corrected chi connectivity index (χ3v) is 5.90. The number of nitrogens with one attached hydrogen (secondary N) is 1. The van der Waals surface area contributed by atoms with Crippen LogP contribution in [0, 0.1) is 0 Å². The van der Waals surface area contributed by atoms with Gasteiger partial charge < -0.3 is 15.0 Å². The first-order chi connectivity index (χ1) is 14.0. The lowest BCUT2D eigenvalue weighted by Gasteiger charge is -2.38. The number of likely N-dealkylation sites (tertiary alicyclic amines) is 1. The summed E-state index contributed by atoms with van der Waals surface area (Å²) in [6.45, 7) is 3.22. The molecule has 2 N–H and O–H groups in total. The van der Waals surface area contributed by atoms with Crippen molar-refractivity contribution in [3.05, 3.63) is 64.8 Å². The maximum absolute atomic E-state index is 12.7. The van der Waals surface area contributed by atoms with Crippen LogP contribution in [-0.4, -0.2) is 49.1 Å². The van der Waals surface area contributed by atoms with Gasteiger partial charge in [0.1, 0.15) is 5.52 Å². The van der Waals surface area contributed by atoms with E-state index in [0.717, 1.165) is 5.56 Å². The molecule has 1 fully saturated rings. The molecule has 7 nitrogen and oxygen atoms in total. The number of piperidine rings is 1. The monoisotopic (exact) mass is 394 g/mol. The molecule has 152 valence electrons. The lowest BCUT2D eigenvalue weighted by atomic mass is 9.90. The minimum atomic E-state index is -1.02. The van der Waals surface area contributed by atoms with Crippen molar-refractivity contribution in [2.24, 2.45) is 0 Å². The third-order valence-electron chi connectivity index (χ3n) is 5.90. The Bertz CT molecular complexity index is 1050. The molecule has 1 aliphatic heterocycles. The Balaban J connectivity index is 1.37. The zero-order chi connectivity index (χ0) is 20.4. The number of rotatable bonds is 5. The maximum Gasteiger partial charge on any atom is 0.277 e. The van der Waals surface area contributed by atoms with Crippen molar-refractivity contribution in [3.8, 4) is 0 Å². The van der Waals surface area contributed by atoms with Crippen LogP contribution in [0.4, 0.5) is 0 Å². The predicted molar refractivity (Wildman–Crippen MR) is 111 cm³/mol. The average molecular weight is 394 g/mol. The van der Waals surface area contributed by atoms with Gasteiger partial charge in [-0.2, -0.15) is 0 Å². The maximum atomic E-state index is 12.7. The molecule has 0 spiro atoms. The summed E-state index contributed by atoms with van der Waals surface area (Å²) in [6.07, 6.45) is 4.49. The largest absolute Gasteiger partial charge is 0.388 e. The number of aromatic amines is 1. The van der Waals surface area contributed by atoms with E-state index in [4.69, 9.17) is 0 Å². The quantitative estimate of drug-likeness (QED) is 0.695. The van der Waals surface area contributed by atoms with Gasteiger partial charge in [-0.15, -0.1) is 0 Å². The molecule has 0 aliphatic carbocycles. The van der Waals surface area contributed by atoms with Crippen LogP contribution in [0.3, 0.4) is 0 Å². The van der Waals surface area contributed by atoms with Gasteiger partial charge in [-0.25, -0.2) is 4.98 Å². The molecule has 1 amide bonds. The topological polar surface area (TPSA) is 91.2 Å². The highest BCUT2D eigenvalue weighted by Crippen LogP contribution is 2.26. The molecular formula is C22H26N4O3. The SMILES string of the molecule is C[C@H](CC(=O)N1CCC(O)(Cn2cnc3cc[nH]c3c2=O)CC1)c1ccccc1. The van der Waals surface area contributed by atoms with E-state index in [1.807, 2.05) is 35.2 Å². The van der Waals surface area contributed by atoms with Crippen LogP contribution in [0.2, 0.25) is 0 Å². The summed E-state index contributed by atoms with van der Waals surface area (Å²) in [5, 5.41) is 11.0. The van der Waals surface area contributed by atoms with Crippen molar-refractivity contribution in [1.82, 2.24) is 19.4 Å². The smallest absolute Gasteiger partial charge is 0.277 e. The number of aliphatic hydroxyl groups is 1. The number of H-pyrrole nitrogens is 1. The van der Waals surface area contributed by atoms with Crippen molar-refractivity contribution in [2.75, 3.05) is 13.1 Å². The first-order valence-corrected chi connectivity index (χ1v) is 10.0. The second kappa shape index (κ2) is 7.83. The summed E-state index contributed by atoms with van der Waals surface area (Å²) < 4.78 is 1.45. The van der Waals surface area contributed by atoms with Crippen LogP contribution < -0.4 is 5.56 Å². The van der Waals surface area contributed by atoms with E-state index in [-0.39, 0.29) is 23.9 Å². The van der Waals surface area contributed by atoms with E-state index in [0.29, 0.717) is 43.4 Å². The fourth-order valence-corrected chi connectivity index (χ4v) is 4.02. The molecule has 0 radical (unpaired) electrons. The van der Waals surface area contributed by atoms with Crippen molar-refractivity contribution in [1.29, 1.82) is 0 Å². The highest BCUT2D eigenvalue weighted by atomic mass is 16.3. The van der Waals surface area contributed by atoms with Crippen molar-refractivity contribution >= 4 is 16.9 Å². The number of hydrogen-bond donors (Lipinski definition) is 2. The van der Waals surface area contributed by atoms with Crippen LogP contribution in [-0.2, 0) is 11.3 Å². The Hall–Kier alpha value is -2.93. The van der Waals surface area contributed by atoms with Gasteiger partial charge in [0.05, 0.1) is 24.0 Å². The van der Waals surface area contributed by atoms with Crippen molar-refractivity contribution < 1.29 is 9.90 Å². The Morgan fingerprint density at radius 3 is 2.69 bits per heavy atom. The molecule has 0 unspecified atom stereocenters. The van der Waals surface area contributed by atoms with Crippen molar-refractivity contribution in [3.63, 3.8) is 0 Å². The Morgan fingerprint density at radius 2 is 1.97 bits per heavy atom. The molecule has 3 heterocycles. The summed E-state index contributed by atoms with van der Waals surface area (Å²) in [6, 6.07) is 11.8. The zero-order valence-corrected chi connectivity index (χ0v) is 16.5. The molecule has 3 aromatic rings. The Kier molecular flexibility index (Phi) is 5.24. The summed E-state index contributed by atoms with van der Waals surface area (Å²) in [5.41, 5.74) is 1.00. The number of amides is 1. The van der Waals surface area contributed by atoms with E-state index < -0.39 is 5.60 Å². The third kappa shape index (κ3) is 4.10. The fourth-order valence-electron chi connectivity index (χ4n) is 4.02. The molecule has 7 heteroatoms. The minimum Gasteiger partial charge on any atom is -0.388 e. The molecular weight excluding hydrogens is 368 g/mol. The van der Waals surface area contributed by atoms with Gasteiger partial charge in [0.2, 0.25) is 5.91 Å². The average Bonchev–Trinajstić information content (AvgIpc) is 3.21. The summed E-state index contributed by atoms with van der Waals surface area (Å²) in [7, 11) is 0. The lowest BCUT2D eigenvalue weighted by molar-refractivity contribution is -0.136. The van der Waals surface area contributed by atoms with Crippen LogP contribution in [0.1, 0.15) is 37.7 Å². The Labute approximate surface area is 169 Å². The van der Waals surface area contributed by atoms with Gasteiger partial charge in [-0.3, -0.25) is 14.2 Å². The van der Waals surface area contributed by atoms with E-state index in [1.54, 1.807) is 12.3 Å². The van der Waals surface area contributed by atoms with Gasteiger partial charge in [0.25, 0.3) is 5.56 Å². The van der Waals surface area contributed by atoms with Crippen LogP contribution in [0.5, 0.6) is 0 Å². The van der Waals surface area contributed by atoms with E-state index >= 15 is 0 Å². The highest BCUT2D eigenvalue weighted by molar-refractivity contribution is 5.77. The predicted octanol–water partition coefficient (Wildman–Crippen LogP) is 2.27. The van der Waals surface area contributed by atoms with Gasteiger partial charge in [-0.1, -0.05) is 37.3 Å². The summed E-state index contributed by atoms with van der Waals surface area (Å²) in [4.78, 5) is 34.2. The molecule has 0 bridgehead atoms. The van der Waals surface area contributed by atoms with E-state index in [9.17, 15) is 14.7 Å². The minimum absolute atomic E-state index is 0.107. The van der Waals surface area contributed by atoms with Crippen molar-refractivity contribution in [2.45, 2.75) is 44.2 Å². The molecule has 1 aliphatic rings. The molecule has 1 atom stereocenters. The highest BCUT2D eigenvalue weighted by Gasteiger charge is 2.35. The van der Waals surface area contributed by atoms with Crippen LogP contribution in [0.25, 0.3) is 11.0 Å². The number of carbonyl (C=O) groups is 1. The zero-order valence-electron chi connectivity index (χ0n) is 16.5. The van der Waals surface area contributed by atoms with E-state index in [2.05, 4.69) is 16.9 Å². The van der Waals surface area contributed by atoms with Crippen LogP contribution in [0.15, 0.2) is 53.7 Å². The number of aromatic nitrogens is 3. The molecule has 29 heavy (non-hydrogen) atoms. The molecule has 4 rings (SSSR count). The lowest BCUT2D eigenvalue weighted by Crippen LogP contribution is -2.49. The Morgan fingerprint density at radius 1 is 1.24 bits per heavy atom. The second-order valence-corrected chi connectivity index (χ2v) is 8.04. The van der Waals surface area contributed by atoms with Gasteiger partial charge >= 0.3 is 0 Å². The fraction of sp³-hybridized carbons (Fsp3) is 0.409. The summed E-state index contributed by atoms with van der Waals surface area (Å²) in [5.74, 6) is 0.261. The van der Waals surface area contributed by atoms with E-state index in [1.165, 1.54) is 10.9 Å². The molecule has 2 aromatic heterocycles. The first-order valence-electron chi connectivity index (χ1n) is 10.0. The number of carbonyl (C=O) groups excluding carboxylic acids is 1. The number of fused-ring (bicyclic) bond motifs is 1. The van der Waals surface area contributed by atoms with Gasteiger partial charge in [0, 0.05) is 25.7 Å². The van der Waals surface area contributed by atoms with Gasteiger partial charge in [-0.05, 0) is 30.4 Å². The first kappa shape index (κ1) is 19.4. The molecule has 1 saturated heterocycles. The normalized spacial score (nSPS) is 17.4. The van der Waals surface area contributed by atoms with Crippen LogP contribution >= 0.6 is 0 Å². The van der Waals surface area contributed by atoms with Gasteiger partial charge in [0.15, 0.2) is 0 Å². The summed E-state index contributed by atoms with van der Waals surface area (Å²) >= 11 is 0. The molecule has 0 saturated carbocycles. The number of benzene rings is 1. The number of hydrogen-bond acceptors (Lipinski definition) is 4. The molecule has 1 aromatic carbocycles. The number of nitrogens with zero attached hydrogens (tertiary/aromatic N) is 3. The second-order valence-electron chi connectivity index (χ2n) is 8.04.